The SMILES string of the molecule is CCOc1ccc(NC(=O)Cc2cccc(OC)c2)cc1S(=O)(=O)N1CCCCC1. The van der Waals surface area contributed by atoms with Gasteiger partial charge in [-0.3, -0.25) is 4.79 Å². The summed E-state index contributed by atoms with van der Waals surface area (Å²) >= 11 is 0. The summed E-state index contributed by atoms with van der Waals surface area (Å²) in [7, 11) is -2.13. The van der Waals surface area contributed by atoms with Crippen molar-refractivity contribution < 1.29 is 22.7 Å². The number of rotatable bonds is 8. The van der Waals surface area contributed by atoms with E-state index >= 15 is 0 Å². The number of methoxy groups -OCH3 is 1. The van der Waals surface area contributed by atoms with Crippen LogP contribution >= 0.6 is 0 Å². The Balaban J connectivity index is 1.81. The van der Waals surface area contributed by atoms with Crippen LogP contribution in [0, 0.1) is 0 Å². The van der Waals surface area contributed by atoms with Crippen molar-refractivity contribution in [3.63, 3.8) is 0 Å². The fraction of sp³-hybridized carbons (Fsp3) is 0.409. The third kappa shape index (κ3) is 5.31. The number of ether oxygens (including phenoxy) is 2. The molecule has 0 aliphatic carbocycles. The maximum absolute atomic E-state index is 13.2. The van der Waals surface area contributed by atoms with Gasteiger partial charge >= 0.3 is 0 Å². The molecule has 2 aromatic carbocycles. The molecule has 30 heavy (non-hydrogen) atoms. The summed E-state index contributed by atoms with van der Waals surface area (Å²) in [6.45, 7) is 3.16. The molecule has 7 nitrogen and oxygen atoms in total. The lowest BCUT2D eigenvalue weighted by Gasteiger charge is -2.27. The van der Waals surface area contributed by atoms with E-state index < -0.39 is 10.0 Å². The van der Waals surface area contributed by atoms with E-state index in [1.165, 1.54) is 10.4 Å². The number of anilines is 1. The molecule has 1 aliphatic rings. The Morgan fingerprint density at radius 3 is 2.57 bits per heavy atom. The van der Waals surface area contributed by atoms with Gasteiger partial charge in [0.1, 0.15) is 16.4 Å². The Morgan fingerprint density at radius 2 is 1.87 bits per heavy atom. The van der Waals surface area contributed by atoms with Crippen LogP contribution in [0.3, 0.4) is 0 Å². The lowest BCUT2D eigenvalue weighted by atomic mass is 10.1. The molecule has 1 heterocycles. The third-order valence-corrected chi connectivity index (χ3v) is 6.88. The highest BCUT2D eigenvalue weighted by Crippen LogP contribution is 2.31. The van der Waals surface area contributed by atoms with Crippen molar-refractivity contribution in [2.75, 3.05) is 32.1 Å². The first-order valence-corrected chi connectivity index (χ1v) is 11.6. The molecule has 8 heteroatoms. The Kier molecular flexibility index (Phi) is 7.33. The first kappa shape index (κ1) is 22.1. The van der Waals surface area contributed by atoms with Gasteiger partial charge in [-0.25, -0.2) is 8.42 Å². The highest BCUT2D eigenvalue weighted by Gasteiger charge is 2.29. The number of nitrogens with zero attached hydrogens (tertiary/aromatic N) is 1. The smallest absolute Gasteiger partial charge is 0.246 e. The molecule has 3 rings (SSSR count). The molecule has 0 saturated carbocycles. The summed E-state index contributed by atoms with van der Waals surface area (Å²) < 4.78 is 38.6. The number of amides is 1. The van der Waals surface area contributed by atoms with Crippen LogP contribution in [0.2, 0.25) is 0 Å². The number of hydrogen-bond acceptors (Lipinski definition) is 5. The van der Waals surface area contributed by atoms with E-state index in [1.54, 1.807) is 32.2 Å². The van der Waals surface area contributed by atoms with Crippen molar-refractivity contribution in [2.24, 2.45) is 0 Å². The molecule has 162 valence electrons. The van der Waals surface area contributed by atoms with Gasteiger partial charge in [0.05, 0.1) is 20.1 Å². The molecule has 0 spiro atoms. The van der Waals surface area contributed by atoms with E-state index in [4.69, 9.17) is 9.47 Å². The second-order valence-corrected chi connectivity index (χ2v) is 9.04. The van der Waals surface area contributed by atoms with Crippen LogP contribution in [0.25, 0.3) is 0 Å². The lowest BCUT2D eigenvalue weighted by Crippen LogP contribution is -2.35. The fourth-order valence-corrected chi connectivity index (χ4v) is 5.15. The number of sulfonamides is 1. The molecule has 1 amide bonds. The van der Waals surface area contributed by atoms with E-state index in [1.807, 2.05) is 18.2 Å². The number of hydrogen-bond donors (Lipinski definition) is 1. The molecule has 0 radical (unpaired) electrons. The van der Waals surface area contributed by atoms with Gasteiger partial charge in [-0.2, -0.15) is 4.31 Å². The van der Waals surface area contributed by atoms with Crippen LogP contribution in [-0.2, 0) is 21.2 Å². The molecular formula is C22H28N2O5S. The predicted octanol–water partition coefficient (Wildman–Crippen LogP) is 3.45. The van der Waals surface area contributed by atoms with Crippen molar-refractivity contribution >= 4 is 21.6 Å². The molecule has 1 saturated heterocycles. The first-order chi connectivity index (χ1) is 14.4. The normalized spacial score (nSPS) is 14.9. The molecule has 2 aromatic rings. The van der Waals surface area contributed by atoms with Gasteiger partial charge < -0.3 is 14.8 Å². The maximum atomic E-state index is 13.2. The van der Waals surface area contributed by atoms with Gasteiger partial charge in [0.2, 0.25) is 15.9 Å². The zero-order valence-electron chi connectivity index (χ0n) is 17.4. The second-order valence-electron chi connectivity index (χ2n) is 7.14. The van der Waals surface area contributed by atoms with Crippen LogP contribution in [-0.4, -0.2) is 45.4 Å². The Morgan fingerprint density at radius 1 is 1.10 bits per heavy atom. The van der Waals surface area contributed by atoms with Crippen molar-refractivity contribution in [1.82, 2.24) is 4.31 Å². The lowest BCUT2D eigenvalue weighted by molar-refractivity contribution is -0.115. The minimum Gasteiger partial charge on any atom is -0.497 e. The van der Waals surface area contributed by atoms with Crippen LogP contribution in [0.1, 0.15) is 31.7 Å². The van der Waals surface area contributed by atoms with Gasteiger partial charge in [0, 0.05) is 18.8 Å². The molecule has 1 fully saturated rings. The molecule has 1 N–H and O–H groups in total. The van der Waals surface area contributed by atoms with Gasteiger partial charge in [-0.15, -0.1) is 0 Å². The zero-order valence-corrected chi connectivity index (χ0v) is 18.2. The van der Waals surface area contributed by atoms with E-state index in [0.29, 0.717) is 36.9 Å². The van der Waals surface area contributed by atoms with E-state index in [2.05, 4.69) is 5.32 Å². The predicted molar refractivity (Wildman–Crippen MR) is 116 cm³/mol. The average molecular weight is 433 g/mol. The summed E-state index contributed by atoms with van der Waals surface area (Å²) in [5.41, 5.74) is 1.22. The number of nitrogens with one attached hydrogen (secondary N) is 1. The van der Waals surface area contributed by atoms with E-state index in [-0.39, 0.29) is 17.2 Å². The highest BCUT2D eigenvalue weighted by atomic mass is 32.2. The number of carbonyl (C=O) groups is 1. The number of piperidine rings is 1. The zero-order chi connectivity index (χ0) is 21.6. The Hall–Kier alpha value is -2.58. The summed E-state index contributed by atoms with van der Waals surface area (Å²) in [5, 5.41) is 2.79. The highest BCUT2D eigenvalue weighted by molar-refractivity contribution is 7.89. The Bertz CT molecular complexity index is 985. The topological polar surface area (TPSA) is 84.9 Å². The third-order valence-electron chi connectivity index (χ3n) is 4.96. The molecular weight excluding hydrogens is 404 g/mol. The maximum Gasteiger partial charge on any atom is 0.246 e. The van der Waals surface area contributed by atoms with Crippen LogP contribution < -0.4 is 14.8 Å². The Labute approximate surface area is 178 Å². The largest absolute Gasteiger partial charge is 0.497 e. The molecule has 0 bridgehead atoms. The minimum absolute atomic E-state index is 0.0884. The standard InChI is InChI=1S/C22H28N2O5S/c1-3-29-20-11-10-18(16-21(20)30(26,27)24-12-5-4-6-13-24)23-22(25)15-17-8-7-9-19(14-17)28-2/h7-11,14,16H,3-6,12-13,15H2,1-2H3,(H,23,25). The summed E-state index contributed by atoms with van der Waals surface area (Å²) in [6.07, 6.45) is 2.88. The summed E-state index contributed by atoms with van der Waals surface area (Å²) in [5.74, 6) is 0.735. The van der Waals surface area contributed by atoms with Crippen LogP contribution in [0.4, 0.5) is 5.69 Å². The van der Waals surface area contributed by atoms with Crippen molar-refractivity contribution in [1.29, 1.82) is 0 Å². The van der Waals surface area contributed by atoms with Gasteiger partial charge in [-0.1, -0.05) is 18.6 Å². The second kappa shape index (κ2) is 9.95. The monoisotopic (exact) mass is 432 g/mol. The fourth-order valence-electron chi connectivity index (χ4n) is 3.48. The molecule has 1 aliphatic heterocycles. The van der Waals surface area contributed by atoms with Crippen molar-refractivity contribution in [2.45, 2.75) is 37.5 Å². The molecule has 0 aromatic heterocycles. The molecule has 0 atom stereocenters. The van der Waals surface area contributed by atoms with Gasteiger partial charge in [-0.05, 0) is 55.7 Å². The summed E-state index contributed by atoms with van der Waals surface area (Å²) in [4.78, 5) is 12.6. The minimum atomic E-state index is -3.70. The van der Waals surface area contributed by atoms with E-state index in [9.17, 15) is 13.2 Å². The number of carbonyl (C=O) groups excluding carboxylic acids is 1. The van der Waals surface area contributed by atoms with Crippen molar-refractivity contribution in [3.8, 4) is 11.5 Å². The quantitative estimate of drug-likeness (QED) is 0.691. The number of benzene rings is 2. The van der Waals surface area contributed by atoms with Crippen molar-refractivity contribution in [3.05, 3.63) is 48.0 Å². The van der Waals surface area contributed by atoms with Gasteiger partial charge in [0.15, 0.2) is 0 Å². The van der Waals surface area contributed by atoms with E-state index in [0.717, 1.165) is 24.8 Å². The molecule has 0 unspecified atom stereocenters. The van der Waals surface area contributed by atoms with Crippen LogP contribution in [0.5, 0.6) is 11.5 Å². The first-order valence-electron chi connectivity index (χ1n) is 10.1. The summed E-state index contributed by atoms with van der Waals surface area (Å²) in [6, 6.07) is 12.0. The van der Waals surface area contributed by atoms with Crippen LogP contribution in [0.15, 0.2) is 47.4 Å². The van der Waals surface area contributed by atoms with Gasteiger partial charge in [0.25, 0.3) is 0 Å². The average Bonchev–Trinajstić information content (AvgIpc) is 2.75.